The molecule has 3 aromatic rings. The van der Waals surface area contributed by atoms with Crippen LogP contribution in [0.4, 0.5) is 0 Å². The van der Waals surface area contributed by atoms with Crippen LogP contribution in [-0.4, -0.2) is 14.5 Å². The topological polar surface area (TPSA) is 37.5 Å². The Morgan fingerprint density at radius 1 is 1.17 bits per heavy atom. The third-order valence-corrected chi connectivity index (χ3v) is 3.20. The van der Waals surface area contributed by atoms with Crippen LogP contribution in [-0.2, 0) is 6.42 Å². The molecule has 0 atom stereocenters. The van der Waals surface area contributed by atoms with Crippen molar-refractivity contribution >= 4 is 5.52 Å². The predicted molar refractivity (Wildman–Crippen MR) is 70.8 cm³/mol. The molecule has 0 saturated carbocycles. The van der Waals surface area contributed by atoms with Crippen LogP contribution in [0.25, 0.3) is 5.52 Å². The summed E-state index contributed by atoms with van der Waals surface area (Å²) in [7, 11) is 0. The summed E-state index contributed by atoms with van der Waals surface area (Å²) < 4.78 is 2.07. The van der Waals surface area contributed by atoms with Gasteiger partial charge in [-0.25, -0.2) is 4.98 Å². The van der Waals surface area contributed by atoms with Crippen molar-refractivity contribution in [1.29, 1.82) is 0 Å². The fourth-order valence-corrected chi connectivity index (χ4v) is 2.18. The van der Waals surface area contributed by atoms with Crippen LogP contribution < -0.4 is 0 Å². The Bertz CT molecular complexity index is 701. The van der Waals surface area contributed by atoms with Gasteiger partial charge in [-0.1, -0.05) is 24.3 Å². The number of hydrogen-bond acceptors (Lipinski definition) is 2. The lowest BCUT2D eigenvalue weighted by Crippen LogP contribution is -1.97. The monoisotopic (exact) mass is 238 g/mol. The van der Waals surface area contributed by atoms with Gasteiger partial charge < -0.3 is 9.51 Å². The SMILES string of the molecule is Cc1cccn2c(Cc3ccccc3O)ncc12. The summed E-state index contributed by atoms with van der Waals surface area (Å²) in [6.45, 7) is 2.07. The minimum Gasteiger partial charge on any atom is -0.508 e. The Morgan fingerprint density at radius 2 is 2.00 bits per heavy atom. The fraction of sp³-hybridized carbons (Fsp3) is 0.133. The molecule has 18 heavy (non-hydrogen) atoms. The molecule has 0 amide bonds. The molecule has 3 heteroatoms. The molecule has 1 aromatic carbocycles. The molecular formula is C15H14N2O. The molecule has 90 valence electrons. The lowest BCUT2D eigenvalue weighted by molar-refractivity contribution is 0.469. The third-order valence-electron chi connectivity index (χ3n) is 3.20. The van der Waals surface area contributed by atoms with Crippen molar-refractivity contribution in [2.45, 2.75) is 13.3 Å². The minimum atomic E-state index is 0.321. The number of aryl methyl sites for hydroxylation is 1. The second kappa shape index (κ2) is 4.18. The van der Waals surface area contributed by atoms with E-state index in [4.69, 9.17) is 0 Å². The maximum Gasteiger partial charge on any atom is 0.119 e. The molecule has 0 bridgehead atoms. The van der Waals surface area contributed by atoms with Crippen molar-refractivity contribution in [2.24, 2.45) is 0 Å². The average Bonchev–Trinajstić information content (AvgIpc) is 2.77. The number of imidazole rings is 1. The molecule has 3 rings (SSSR count). The molecule has 0 aliphatic rings. The van der Waals surface area contributed by atoms with Gasteiger partial charge in [-0.3, -0.25) is 0 Å². The van der Waals surface area contributed by atoms with Gasteiger partial charge in [0.1, 0.15) is 11.6 Å². The van der Waals surface area contributed by atoms with E-state index in [9.17, 15) is 5.11 Å². The van der Waals surface area contributed by atoms with Gasteiger partial charge in [0.05, 0.1) is 11.7 Å². The predicted octanol–water partition coefficient (Wildman–Crippen LogP) is 2.94. The van der Waals surface area contributed by atoms with Crippen LogP contribution in [0.2, 0.25) is 0 Å². The van der Waals surface area contributed by atoms with Crippen LogP contribution in [0, 0.1) is 6.92 Å². The smallest absolute Gasteiger partial charge is 0.119 e. The van der Waals surface area contributed by atoms with Gasteiger partial charge in [-0.2, -0.15) is 0 Å². The Morgan fingerprint density at radius 3 is 2.83 bits per heavy atom. The minimum absolute atomic E-state index is 0.321. The molecule has 0 aliphatic heterocycles. The maximum absolute atomic E-state index is 9.80. The van der Waals surface area contributed by atoms with Gasteiger partial charge in [-0.15, -0.1) is 0 Å². The molecule has 0 fully saturated rings. The molecule has 0 spiro atoms. The van der Waals surface area contributed by atoms with Gasteiger partial charge in [-0.05, 0) is 24.6 Å². The van der Waals surface area contributed by atoms with Crippen molar-refractivity contribution in [2.75, 3.05) is 0 Å². The lowest BCUT2D eigenvalue weighted by atomic mass is 10.1. The van der Waals surface area contributed by atoms with Gasteiger partial charge in [0, 0.05) is 18.2 Å². The molecule has 1 N–H and O–H groups in total. The molecule has 0 radical (unpaired) electrons. The number of phenolic OH excluding ortho intramolecular Hbond substituents is 1. The number of phenols is 1. The number of benzene rings is 1. The first-order chi connectivity index (χ1) is 8.75. The number of aromatic hydroxyl groups is 1. The van der Waals surface area contributed by atoms with E-state index in [0.29, 0.717) is 12.2 Å². The van der Waals surface area contributed by atoms with Crippen LogP contribution in [0.1, 0.15) is 17.0 Å². The number of pyridine rings is 1. The second-order valence-corrected chi connectivity index (χ2v) is 4.43. The molecule has 0 saturated heterocycles. The molecule has 3 nitrogen and oxygen atoms in total. The van der Waals surface area contributed by atoms with Crippen LogP contribution in [0.3, 0.4) is 0 Å². The highest BCUT2D eigenvalue weighted by atomic mass is 16.3. The Hall–Kier alpha value is -2.29. The van der Waals surface area contributed by atoms with E-state index < -0.39 is 0 Å². The van der Waals surface area contributed by atoms with E-state index in [1.54, 1.807) is 6.07 Å². The summed E-state index contributed by atoms with van der Waals surface area (Å²) in [4.78, 5) is 4.44. The number of fused-ring (bicyclic) bond motifs is 1. The molecule has 2 aromatic heterocycles. The standard InChI is InChI=1S/C15H14N2O/c1-11-5-4-8-17-13(11)10-16-15(17)9-12-6-2-3-7-14(12)18/h2-8,10,18H,9H2,1H3. The zero-order valence-corrected chi connectivity index (χ0v) is 10.2. The molecule has 0 aliphatic carbocycles. The van der Waals surface area contributed by atoms with Crippen molar-refractivity contribution in [3.63, 3.8) is 0 Å². The number of rotatable bonds is 2. The highest BCUT2D eigenvalue weighted by Crippen LogP contribution is 2.20. The van der Waals surface area contributed by atoms with Gasteiger partial charge in [0.25, 0.3) is 0 Å². The first-order valence-electron chi connectivity index (χ1n) is 5.94. The van der Waals surface area contributed by atoms with E-state index >= 15 is 0 Å². The van der Waals surface area contributed by atoms with Crippen molar-refractivity contribution in [3.8, 4) is 5.75 Å². The summed E-state index contributed by atoms with van der Waals surface area (Å²) in [5.41, 5.74) is 3.21. The zero-order valence-electron chi connectivity index (χ0n) is 10.2. The zero-order chi connectivity index (χ0) is 12.5. The van der Waals surface area contributed by atoms with Crippen LogP contribution in [0.5, 0.6) is 5.75 Å². The van der Waals surface area contributed by atoms with E-state index in [1.807, 2.05) is 36.7 Å². The summed E-state index contributed by atoms with van der Waals surface area (Å²) in [5.74, 6) is 1.26. The fourth-order valence-electron chi connectivity index (χ4n) is 2.18. The number of aromatic nitrogens is 2. The highest BCUT2D eigenvalue weighted by Gasteiger charge is 2.08. The quantitative estimate of drug-likeness (QED) is 0.745. The normalized spacial score (nSPS) is 10.9. The first-order valence-corrected chi connectivity index (χ1v) is 5.94. The van der Waals surface area contributed by atoms with E-state index in [-0.39, 0.29) is 0 Å². The summed E-state index contributed by atoms with van der Waals surface area (Å²) in [6.07, 6.45) is 4.51. The van der Waals surface area contributed by atoms with E-state index in [2.05, 4.69) is 22.4 Å². The van der Waals surface area contributed by atoms with Crippen LogP contribution >= 0.6 is 0 Å². The largest absolute Gasteiger partial charge is 0.508 e. The van der Waals surface area contributed by atoms with E-state index in [1.165, 1.54) is 5.56 Å². The van der Waals surface area contributed by atoms with Crippen molar-refractivity contribution in [3.05, 3.63) is 65.7 Å². The number of nitrogens with zero attached hydrogens (tertiary/aromatic N) is 2. The third kappa shape index (κ3) is 1.74. The van der Waals surface area contributed by atoms with Gasteiger partial charge in [0.2, 0.25) is 0 Å². The first kappa shape index (κ1) is 10.8. The summed E-state index contributed by atoms with van der Waals surface area (Å²) in [6, 6.07) is 11.5. The molecule has 2 heterocycles. The summed E-state index contributed by atoms with van der Waals surface area (Å²) >= 11 is 0. The lowest BCUT2D eigenvalue weighted by Gasteiger charge is -2.04. The van der Waals surface area contributed by atoms with Crippen LogP contribution in [0.15, 0.2) is 48.8 Å². The highest BCUT2D eigenvalue weighted by molar-refractivity contribution is 5.53. The Labute approximate surface area is 105 Å². The second-order valence-electron chi connectivity index (χ2n) is 4.43. The number of hydrogen-bond donors (Lipinski definition) is 1. The number of para-hydroxylation sites is 1. The van der Waals surface area contributed by atoms with Gasteiger partial charge >= 0.3 is 0 Å². The molecular weight excluding hydrogens is 224 g/mol. The molecule has 0 unspecified atom stereocenters. The van der Waals surface area contributed by atoms with E-state index in [0.717, 1.165) is 16.9 Å². The van der Waals surface area contributed by atoms with Crippen molar-refractivity contribution < 1.29 is 5.11 Å². The maximum atomic E-state index is 9.80. The Balaban J connectivity index is 2.06. The van der Waals surface area contributed by atoms with Gasteiger partial charge in [0.15, 0.2) is 0 Å². The summed E-state index contributed by atoms with van der Waals surface area (Å²) in [5, 5.41) is 9.80. The Kier molecular flexibility index (Phi) is 2.52. The average molecular weight is 238 g/mol. The van der Waals surface area contributed by atoms with Crippen molar-refractivity contribution in [1.82, 2.24) is 9.38 Å².